The Labute approximate surface area is 330 Å². The fraction of sp³-hybridized carbons (Fsp3) is 0.350. The van der Waals surface area contributed by atoms with E-state index in [-0.39, 0.29) is 23.0 Å². The van der Waals surface area contributed by atoms with E-state index in [2.05, 4.69) is 41.7 Å². The number of halogens is 1. The molecule has 3 N–H and O–H groups in total. The summed E-state index contributed by atoms with van der Waals surface area (Å²) in [4.78, 5) is 68.6. The van der Waals surface area contributed by atoms with Gasteiger partial charge in [0.15, 0.2) is 0 Å². The van der Waals surface area contributed by atoms with Gasteiger partial charge in [-0.2, -0.15) is 0 Å². The number of nitrogens with zero attached hydrogens (tertiary/aromatic N) is 1. The van der Waals surface area contributed by atoms with E-state index >= 15 is 0 Å². The fourth-order valence-corrected chi connectivity index (χ4v) is 11.2. The Morgan fingerprint density at radius 3 is 1.96 bits per heavy atom. The van der Waals surface area contributed by atoms with Crippen LogP contribution in [0.3, 0.4) is 0 Å². The average molecular weight is 807 g/mol. The number of methoxy groups -OCH3 is 1. The SMILES string of the molecule is COC(=O)[C@H](CO[Si](c1ccccc1)(c1ccccc1)C(C)(C)C)NC(=O)[C@H](COC(C)=O)NC(=O)c1csc(-c2ccc(NC(=O)OC(C)(C)C)c(F)c2)n1. The molecule has 16 heteroatoms. The minimum absolute atomic E-state index is 0.110. The van der Waals surface area contributed by atoms with Crippen LogP contribution in [-0.2, 0) is 33.0 Å². The molecule has 0 saturated heterocycles. The Bertz CT molecular complexity index is 1980. The highest BCUT2D eigenvalue weighted by atomic mass is 32.1. The van der Waals surface area contributed by atoms with Gasteiger partial charge in [-0.05, 0) is 54.4 Å². The van der Waals surface area contributed by atoms with Crippen LogP contribution in [0.1, 0.15) is 59.0 Å². The molecular formula is C40H47FN4O9SSi. The Hall–Kier alpha value is -5.45. The third-order valence-electron chi connectivity index (χ3n) is 8.35. The van der Waals surface area contributed by atoms with E-state index in [0.29, 0.717) is 5.56 Å². The summed E-state index contributed by atoms with van der Waals surface area (Å²) in [5, 5.41) is 10.6. The fourth-order valence-electron chi connectivity index (χ4n) is 5.84. The topological polar surface area (TPSA) is 171 Å². The molecule has 4 rings (SSSR count). The number of carbonyl (C=O) groups excluding carboxylic acids is 5. The number of thiazole rings is 1. The van der Waals surface area contributed by atoms with Crippen molar-refractivity contribution in [3.8, 4) is 10.6 Å². The molecule has 0 fully saturated rings. The zero-order valence-corrected chi connectivity index (χ0v) is 34.4. The van der Waals surface area contributed by atoms with Crippen molar-refractivity contribution in [1.82, 2.24) is 15.6 Å². The summed E-state index contributed by atoms with van der Waals surface area (Å²) in [6.45, 7) is 11.5. The molecule has 3 amide bonds. The first kappa shape index (κ1) is 43.3. The van der Waals surface area contributed by atoms with Crippen molar-refractivity contribution in [2.75, 3.05) is 25.6 Å². The number of anilines is 1. The zero-order chi connectivity index (χ0) is 41.3. The molecule has 3 aromatic carbocycles. The number of amides is 3. The molecule has 1 aromatic heterocycles. The predicted molar refractivity (Wildman–Crippen MR) is 213 cm³/mol. The van der Waals surface area contributed by atoms with Gasteiger partial charge in [0.2, 0.25) is 5.91 Å². The van der Waals surface area contributed by atoms with Crippen molar-refractivity contribution in [1.29, 1.82) is 0 Å². The lowest BCUT2D eigenvalue weighted by molar-refractivity contribution is -0.148. The van der Waals surface area contributed by atoms with Gasteiger partial charge in [0.05, 0.1) is 19.4 Å². The summed E-state index contributed by atoms with van der Waals surface area (Å²) in [6, 6.07) is 20.6. The second-order valence-electron chi connectivity index (χ2n) is 14.7. The summed E-state index contributed by atoms with van der Waals surface area (Å²) in [5.41, 5.74) is -0.683. The molecular weight excluding hydrogens is 760 g/mol. The van der Waals surface area contributed by atoms with Crippen LogP contribution in [0.2, 0.25) is 5.04 Å². The number of aromatic nitrogens is 1. The maximum atomic E-state index is 14.9. The minimum Gasteiger partial charge on any atom is -0.467 e. The van der Waals surface area contributed by atoms with Crippen LogP contribution in [-0.4, -0.2) is 81.2 Å². The summed E-state index contributed by atoms with van der Waals surface area (Å²) in [5.74, 6) is -3.92. The van der Waals surface area contributed by atoms with Gasteiger partial charge >= 0.3 is 18.0 Å². The van der Waals surface area contributed by atoms with E-state index in [0.717, 1.165) is 34.7 Å². The van der Waals surface area contributed by atoms with Gasteiger partial charge in [0.1, 0.15) is 40.8 Å². The number of esters is 2. The number of hydrogen-bond donors (Lipinski definition) is 3. The van der Waals surface area contributed by atoms with Crippen LogP contribution in [0.4, 0.5) is 14.9 Å². The second-order valence-corrected chi connectivity index (χ2v) is 19.9. The van der Waals surface area contributed by atoms with E-state index in [1.165, 1.54) is 24.6 Å². The number of benzene rings is 3. The molecule has 0 aliphatic rings. The first-order valence-corrected chi connectivity index (χ1v) is 20.5. The lowest BCUT2D eigenvalue weighted by Gasteiger charge is -2.43. The van der Waals surface area contributed by atoms with E-state index < -0.39 is 73.3 Å². The van der Waals surface area contributed by atoms with Crippen molar-refractivity contribution in [3.63, 3.8) is 0 Å². The predicted octanol–water partition coefficient (Wildman–Crippen LogP) is 5.19. The van der Waals surface area contributed by atoms with E-state index in [1.807, 2.05) is 60.7 Å². The van der Waals surface area contributed by atoms with E-state index in [9.17, 15) is 28.4 Å². The smallest absolute Gasteiger partial charge is 0.412 e. The number of rotatable bonds is 14. The Morgan fingerprint density at radius 1 is 0.839 bits per heavy atom. The van der Waals surface area contributed by atoms with Gasteiger partial charge in [-0.15, -0.1) is 11.3 Å². The van der Waals surface area contributed by atoms with Crippen molar-refractivity contribution >= 4 is 65.6 Å². The first-order valence-electron chi connectivity index (χ1n) is 17.7. The first-order chi connectivity index (χ1) is 26.3. The highest BCUT2D eigenvalue weighted by molar-refractivity contribution is 7.13. The van der Waals surface area contributed by atoms with Crippen molar-refractivity contribution in [2.24, 2.45) is 0 Å². The van der Waals surface area contributed by atoms with Crippen LogP contribution in [0.25, 0.3) is 10.6 Å². The molecule has 0 spiro atoms. The Balaban J connectivity index is 1.54. The average Bonchev–Trinajstić information content (AvgIpc) is 3.64. The van der Waals surface area contributed by atoms with Crippen molar-refractivity contribution < 1.29 is 47.0 Å². The van der Waals surface area contributed by atoms with Crippen LogP contribution in [0.5, 0.6) is 0 Å². The van der Waals surface area contributed by atoms with Gasteiger partial charge in [-0.3, -0.25) is 19.7 Å². The van der Waals surface area contributed by atoms with Gasteiger partial charge in [0, 0.05) is 17.9 Å². The third kappa shape index (κ3) is 11.1. The van der Waals surface area contributed by atoms with Crippen LogP contribution < -0.4 is 26.3 Å². The summed E-state index contributed by atoms with van der Waals surface area (Å²) >= 11 is 1.04. The quantitative estimate of drug-likeness (QED) is 0.0876. The van der Waals surface area contributed by atoms with Crippen LogP contribution in [0, 0.1) is 5.82 Å². The molecule has 13 nitrogen and oxygen atoms in total. The summed E-state index contributed by atoms with van der Waals surface area (Å²) in [6.07, 6.45) is -0.825. The molecule has 2 atom stereocenters. The molecule has 298 valence electrons. The van der Waals surface area contributed by atoms with Crippen molar-refractivity contribution in [2.45, 2.75) is 71.2 Å². The van der Waals surface area contributed by atoms with Gasteiger partial charge < -0.3 is 29.3 Å². The highest BCUT2D eigenvalue weighted by Crippen LogP contribution is 2.37. The lowest BCUT2D eigenvalue weighted by atomic mass is 10.2. The molecule has 0 aliphatic carbocycles. The molecule has 0 saturated carbocycles. The number of carbonyl (C=O) groups is 5. The monoisotopic (exact) mass is 806 g/mol. The summed E-state index contributed by atoms with van der Waals surface area (Å²) < 4.78 is 37.1. The number of ether oxygens (including phenoxy) is 3. The molecule has 0 radical (unpaired) electrons. The lowest BCUT2D eigenvalue weighted by Crippen LogP contribution is -2.68. The Morgan fingerprint density at radius 2 is 1.45 bits per heavy atom. The molecule has 0 unspecified atom stereocenters. The van der Waals surface area contributed by atoms with Gasteiger partial charge in [-0.1, -0.05) is 81.4 Å². The van der Waals surface area contributed by atoms with E-state index in [1.54, 1.807) is 20.8 Å². The van der Waals surface area contributed by atoms with Crippen LogP contribution in [0.15, 0.2) is 84.2 Å². The standard InChI is InChI=1S/C40H47FN4O9SSi/c1-25(46)52-22-31(42-35(48)33-24-55-36(44-33)26-19-20-30(29(41)21-26)45-38(50)54-39(2,3)4)34(47)43-32(37(49)51-8)23-53-56(40(5,6)7,27-15-11-9-12-16-27)28-17-13-10-14-18-28/h9-21,24,31-32H,22-23H2,1-8H3,(H,42,48)(H,43,47)(H,45,50)/t31-,32-/m0/s1. The van der Waals surface area contributed by atoms with Crippen LogP contribution >= 0.6 is 11.3 Å². The minimum atomic E-state index is -3.15. The maximum Gasteiger partial charge on any atom is 0.412 e. The molecule has 0 aliphatic heterocycles. The number of hydrogen-bond acceptors (Lipinski definition) is 11. The Kier molecular flexibility index (Phi) is 14.3. The third-order valence-corrected chi connectivity index (χ3v) is 14.2. The summed E-state index contributed by atoms with van der Waals surface area (Å²) in [7, 11) is -1.97. The highest BCUT2D eigenvalue weighted by Gasteiger charge is 2.51. The van der Waals surface area contributed by atoms with E-state index in [4.69, 9.17) is 18.6 Å². The van der Waals surface area contributed by atoms with Crippen molar-refractivity contribution in [3.05, 3.63) is 95.8 Å². The van der Waals surface area contributed by atoms with Gasteiger partial charge in [-0.25, -0.2) is 19.0 Å². The zero-order valence-electron chi connectivity index (χ0n) is 32.6. The second kappa shape index (κ2) is 18.5. The molecule has 1 heterocycles. The molecule has 56 heavy (non-hydrogen) atoms. The van der Waals surface area contributed by atoms with Gasteiger partial charge in [0.25, 0.3) is 14.2 Å². The normalized spacial score (nSPS) is 12.8. The molecule has 0 bridgehead atoms. The number of nitrogens with one attached hydrogen (secondary N) is 3. The maximum absolute atomic E-state index is 14.9. The molecule has 4 aromatic rings. The largest absolute Gasteiger partial charge is 0.467 e.